The zero-order valence-electron chi connectivity index (χ0n) is 15.4. The molecule has 0 saturated heterocycles. The molecular formula is C19H18N4OS4. The van der Waals surface area contributed by atoms with Crippen LogP contribution in [0, 0.1) is 0 Å². The highest BCUT2D eigenvalue weighted by atomic mass is 32.2. The molecule has 0 N–H and O–H groups in total. The van der Waals surface area contributed by atoms with Gasteiger partial charge in [0, 0.05) is 29.1 Å². The summed E-state index contributed by atoms with van der Waals surface area (Å²) in [5.74, 6) is 2.04. The van der Waals surface area contributed by atoms with Gasteiger partial charge in [-0.1, -0.05) is 73.0 Å². The number of rotatable bonds is 7. The predicted octanol–water partition coefficient (Wildman–Crippen LogP) is 5.32. The van der Waals surface area contributed by atoms with Gasteiger partial charge >= 0.3 is 0 Å². The van der Waals surface area contributed by atoms with E-state index < -0.39 is 0 Å². The number of thioether (sulfide) groups is 2. The fourth-order valence-corrected chi connectivity index (χ4v) is 6.16. The maximum Gasteiger partial charge on any atom is 0.258 e. The summed E-state index contributed by atoms with van der Waals surface area (Å²) >= 11 is 6.31. The molecule has 0 fully saturated rings. The van der Waals surface area contributed by atoms with Gasteiger partial charge in [0.15, 0.2) is 13.6 Å². The molecule has 28 heavy (non-hydrogen) atoms. The second-order valence-corrected chi connectivity index (χ2v) is 10.7. The molecule has 0 aliphatic rings. The smallest absolute Gasteiger partial charge is 0.258 e. The Labute approximate surface area is 179 Å². The molecule has 0 aliphatic heterocycles. The predicted molar refractivity (Wildman–Crippen MR) is 119 cm³/mol. The minimum absolute atomic E-state index is 0.0427. The number of aromatic nitrogens is 4. The van der Waals surface area contributed by atoms with Gasteiger partial charge in [0.25, 0.3) is 5.56 Å². The van der Waals surface area contributed by atoms with E-state index >= 15 is 0 Å². The van der Waals surface area contributed by atoms with Crippen molar-refractivity contribution in [1.82, 2.24) is 19.6 Å². The van der Waals surface area contributed by atoms with Crippen LogP contribution in [0.25, 0.3) is 4.96 Å². The van der Waals surface area contributed by atoms with E-state index in [2.05, 4.69) is 53.3 Å². The molecule has 0 atom stereocenters. The van der Waals surface area contributed by atoms with Crippen LogP contribution in [0.2, 0.25) is 0 Å². The number of fused-ring (bicyclic) bond motifs is 1. The third kappa shape index (κ3) is 4.65. The van der Waals surface area contributed by atoms with E-state index in [0.717, 1.165) is 25.1 Å². The molecule has 3 heterocycles. The topological polar surface area (TPSA) is 60.2 Å². The number of thiazole rings is 1. The molecule has 5 nitrogen and oxygen atoms in total. The monoisotopic (exact) mass is 446 g/mol. The average molecular weight is 447 g/mol. The summed E-state index contributed by atoms with van der Waals surface area (Å²) in [6.07, 6.45) is 1.75. The molecule has 0 radical (unpaired) electrons. The van der Waals surface area contributed by atoms with Gasteiger partial charge in [-0.3, -0.25) is 9.20 Å². The lowest BCUT2D eigenvalue weighted by Crippen LogP contribution is -2.12. The van der Waals surface area contributed by atoms with Crippen LogP contribution < -0.4 is 5.56 Å². The van der Waals surface area contributed by atoms with Gasteiger partial charge in [0.05, 0.1) is 5.69 Å². The number of hydrogen-bond acceptors (Lipinski definition) is 8. The highest BCUT2D eigenvalue weighted by molar-refractivity contribution is 8.02. The molecule has 144 valence electrons. The molecule has 1 aromatic carbocycles. The quantitative estimate of drug-likeness (QED) is 0.358. The van der Waals surface area contributed by atoms with Gasteiger partial charge in [-0.2, -0.15) is 0 Å². The third-order valence-corrected chi connectivity index (χ3v) is 8.15. The molecule has 9 heteroatoms. The summed E-state index contributed by atoms with van der Waals surface area (Å²) in [5.41, 5.74) is 3.37. The first kappa shape index (κ1) is 19.6. The summed E-state index contributed by atoms with van der Waals surface area (Å²) in [7, 11) is 0. The van der Waals surface area contributed by atoms with Crippen LogP contribution in [0.4, 0.5) is 0 Å². The van der Waals surface area contributed by atoms with Crippen LogP contribution >= 0.6 is 46.2 Å². The van der Waals surface area contributed by atoms with E-state index in [4.69, 9.17) is 0 Å². The lowest BCUT2D eigenvalue weighted by Gasteiger charge is -2.05. The Hall–Kier alpha value is -1.68. The molecule has 0 spiro atoms. The molecular weight excluding hydrogens is 429 g/mol. The normalized spacial score (nSPS) is 11.5. The average Bonchev–Trinajstić information content (AvgIpc) is 3.34. The van der Waals surface area contributed by atoms with Crippen LogP contribution in [0.1, 0.15) is 36.6 Å². The molecule has 4 rings (SSSR count). The van der Waals surface area contributed by atoms with Crippen molar-refractivity contribution in [1.29, 1.82) is 0 Å². The Balaban J connectivity index is 1.34. The maximum absolute atomic E-state index is 12.0. The Bertz CT molecular complexity index is 1130. The Morgan fingerprint density at radius 2 is 1.79 bits per heavy atom. The zero-order valence-corrected chi connectivity index (χ0v) is 18.6. The largest absolute Gasteiger partial charge is 0.269 e. The van der Waals surface area contributed by atoms with E-state index in [9.17, 15) is 4.79 Å². The summed E-state index contributed by atoms with van der Waals surface area (Å²) < 4.78 is 3.41. The van der Waals surface area contributed by atoms with E-state index in [1.165, 1.54) is 22.5 Å². The van der Waals surface area contributed by atoms with Crippen molar-refractivity contribution in [3.05, 3.63) is 69.1 Å². The Kier molecular flexibility index (Phi) is 6.15. The summed E-state index contributed by atoms with van der Waals surface area (Å²) in [5, 5.41) is 10.4. The lowest BCUT2D eigenvalue weighted by molar-refractivity contribution is 0.866. The maximum atomic E-state index is 12.0. The molecule has 0 bridgehead atoms. The van der Waals surface area contributed by atoms with Crippen LogP contribution in [0.3, 0.4) is 0 Å². The van der Waals surface area contributed by atoms with E-state index in [1.54, 1.807) is 51.5 Å². The molecule has 0 unspecified atom stereocenters. The lowest BCUT2D eigenvalue weighted by atomic mass is 10.0. The van der Waals surface area contributed by atoms with Crippen LogP contribution in [0.5, 0.6) is 0 Å². The summed E-state index contributed by atoms with van der Waals surface area (Å²) in [6, 6.07) is 10.3. The van der Waals surface area contributed by atoms with Gasteiger partial charge in [0.2, 0.25) is 0 Å². The van der Waals surface area contributed by atoms with Crippen LogP contribution in [-0.2, 0) is 11.5 Å². The fraction of sp³-hybridized carbons (Fsp3) is 0.263. The van der Waals surface area contributed by atoms with Crippen LogP contribution in [-0.4, -0.2) is 19.6 Å². The molecule has 4 aromatic rings. The first-order chi connectivity index (χ1) is 13.6. The Morgan fingerprint density at radius 3 is 2.50 bits per heavy atom. The second kappa shape index (κ2) is 8.77. The fourth-order valence-electron chi connectivity index (χ4n) is 2.56. The number of hydrogen-bond donors (Lipinski definition) is 0. The van der Waals surface area contributed by atoms with E-state index in [1.807, 2.05) is 5.38 Å². The molecule has 0 saturated carbocycles. The van der Waals surface area contributed by atoms with Gasteiger partial charge < -0.3 is 0 Å². The molecule has 0 aliphatic carbocycles. The van der Waals surface area contributed by atoms with Crippen molar-refractivity contribution in [3.8, 4) is 0 Å². The standard InChI is InChI=1S/C19H18N4OS4/c1-12(2)14-5-3-13(4-6-14)10-26-18-21-22-19(28-18)27-11-15-9-16(24)23-7-8-25-17(23)20-15/h3-9,12H,10-11H2,1-2H3. The third-order valence-electron chi connectivity index (χ3n) is 4.10. The van der Waals surface area contributed by atoms with E-state index in [-0.39, 0.29) is 5.56 Å². The van der Waals surface area contributed by atoms with Crippen molar-refractivity contribution in [2.24, 2.45) is 0 Å². The zero-order chi connectivity index (χ0) is 19.5. The molecule has 3 aromatic heterocycles. The highest BCUT2D eigenvalue weighted by Gasteiger charge is 2.09. The van der Waals surface area contributed by atoms with Crippen molar-refractivity contribution >= 4 is 51.2 Å². The highest BCUT2D eigenvalue weighted by Crippen LogP contribution is 2.32. The van der Waals surface area contributed by atoms with Gasteiger partial charge in [-0.15, -0.1) is 21.5 Å². The number of nitrogens with zero attached hydrogens (tertiary/aromatic N) is 4. The summed E-state index contributed by atoms with van der Waals surface area (Å²) in [6.45, 7) is 4.41. The number of benzene rings is 1. The SMILES string of the molecule is CC(C)c1ccc(CSc2nnc(SCc3cc(=O)n4ccsc4n3)s2)cc1. The van der Waals surface area contributed by atoms with Crippen molar-refractivity contribution in [2.75, 3.05) is 0 Å². The van der Waals surface area contributed by atoms with Crippen molar-refractivity contribution in [2.45, 2.75) is 40.0 Å². The van der Waals surface area contributed by atoms with Gasteiger partial charge in [-0.05, 0) is 17.0 Å². The van der Waals surface area contributed by atoms with E-state index in [0.29, 0.717) is 11.7 Å². The Morgan fingerprint density at radius 1 is 1.07 bits per heavy atom. The van der Waals surface area contributed by atoms with Crippen molar-refractivity contribution in [3.63, 3.8) is 0 Å². The first-order valence-corrected chi connectivity index (χ1v) is 12.4. The van der Waals surface area contributed by atoms with Gasteiger partial charge in [0.1, 0.15) is 0 Å². The van der Waals surface area contributed by atoms with Crippen LogP contribution in [0.15, 0.2) is 55.4 Å². The minimum atomic E-state index is -0.0427. The summed E-state index contributed by atoms with van der Waals surface area (Å²) in [4.78, 5) is 17.3. The van der Waals surface area contributed by atoms with Crippen molar-refractivity contribution < 1.29 is 0 Å². The second-order valence-electron chi connectivity index (χ2n) is 6.45. The van der Waals surface area contributed by atoms with Gasteiger partial charge in [-0.25, -0.2) is 4.98 Å². The molecule has 0 amide bonds. The minimum Gasteiger partial charge on any atom is -0.269 e. The first-order valence-electron chi connectivity index (χ1n) is 8.72.